The highest BCUT2D eigenvalue weighted by Crippen LogP contribution is 2.26. The summed E-state index contributed by atoms with van der Waals surface area (Å²) in [7, 11) is -3.83. The minimum Gasteiger partial charge on any atom is -0.377 e. The highest BCUT2D eigenvalue weighted by Gasteiger charge is 2.30. The van der Waals surface area contributed by atoms with Gasteiger partial charge < -0.3 is 9.72 Å². The highest BCUT2D eigenvalue weighted by molar-refractivity contribution is 7.89. The van der Waals surface area contributed by atoms with E-state index in [-0.39, 0.29) is 35.1 Å². The number of benzene rings is 2. The third kappa shape index (κ3) is 5.21. The van der Waals surface area contributed by atoms with Crippen molar-refractivity contribution in [3.05, 3.63) is 75.6 Å². The lowest BCUT2D eigenvalue weighted by Gasteiger charge is -2.25. The van der Waals surface area contributed by atoms with Crippen LogP contribution >= 0.6 is 0 Å². The van der Waals surface area contributed by atoms with Crippen LogP contribution in [0.15, 0.2) is 58.2 Å². The van der Waals surface area contributed by atoms with Gasteiger partial charge >= 0.3 is 0 Å². The SMILES string of the molecule is Cc1ccc2cc(CN(CC3CCCO3)S(=O)(=O)c3ccc(C(C)(C)C)cc3)c(=O)[nH]c2c1. The summed E-state index contributed by atoms with van der Waals surface area (Å²) in [5.74, 6) is 0. The lowest BCUT2D eigenvalue weighted by molar-refractivity contribution is 0.0925. The van der Waals surface area contributed by atoms with Crippen LogP contribution in [0.4, 0.5) is 0 Å². The van der Waals surface area contributed by atoms with Gasteiger partial charge in [-0.1, -0.05) is 45.0 Å². The summed E-state index contributed by atoms with van der Waals surface area (Å²) in [5.41, 5.74) is 2.93. The molecule has 3 aromatic rings. The fourth-order valence-corrected chi connectivity index (χ4v) is 5.66. The molecule has 2 aromatic carbocycles. The fraction of sp³-hybridized carbons (Fsp3) is 0.423. The average molecular weight is 469 g/mol. The number of nitrogens with zero attached hydrogens (tertiary/aromatic N) is 1. The predicted octanol–water partition coefficient (Wildman–Crippen LogP) is 4.50. The number of hydrogen-bond acceptors (Lipinski definition) is 4. The zero-order valence-electron chi connectivity index (χ0n) is 19.7. The molecule has 0 aliphatic carbocycles. The van der Waals surface area contributed by atoms with Crippen molar-refractivity contribution < 1.29 is 13.2 Å². The van der Waals surface area contributed by atoms with Crippen molar-refractivity contribution in [3.63, 3.8) is 0 Å². The third-order valence-electron chi connectivity index (χ3n) is 6.21. The zero-order chi connectivity index (χ0) is 23.8. The number of fused-ring (bicyclic) bond motifs is 1. The summed E-state index contributed by atoms with van der Waals surface area (Å²) < 4.78 is 34.5. The van der Waals surface area contributed by atoms with Crippen molar-refractivity contribution in [2.45, 2.75) is 63.5 Å². The van der Waals surface area contributed by atoms with E-state index < -0.39 is 10.0 Å². The van der Waals surface area contributed by atoms with Gasteiger partial charge in [-0.15, -0.1) is 0 Å². The van der Waals surface area contributed by atoms with Crippen LogP contribution in [0.1, 0.15) is 50.3 Å². The van der Waals surface area contributed by atoms with Crippen LogP contribution in [-0.2, 0) is 26.7 Å². The molecule has 2 heterocycles. The first-order valence-electron chi connectivity index (χ1n) is 11.4. The van der Waals surface area contributed by atoms with Gasteiger partial charge in [0.15, 0.2) is 0 Å². The number of sulfonamides is 1. The Kier molecular flexibility index (Phi) is 6.49. The van der Waals surface area contributed by atoms with Gasteiger partial charge in [-0.05, 0) is 66.0 Å². The molecule has 1 aliphatic heterocycles. The Morgan fingerprint density at radius 2 is 1.82 bits per heavy atom. The number of aryl methyl sites for hydroxylation is 1. The van der Waals surface area contributed by atoms with Gasteiger partial charge in [0.2, 0.25) is 10.0 Å². The molecule has 1 aromatic heterocycles. The maximum absolute atomic E-state index is 13.7. The first-order valence-corrected chi connectivity index (χ1v) is 12.8. The van der Waals surface area contributed by atoms with E-state index in [1.807, 2.05) is 37.3 Å². The molecule has 0 spiro atoms. The van der Waals surface area contributed by atoms with E-state index in [0.717, 1.165) is 34.9 Å². The smallest absolute Gasteiger partial charge is 0.252 e. The summed E-state index contributed by atoms with van der Waals surface area (Å²) in [4.78, 5) is 16.0. The minimum atomic E-state index is -3.83. The van der Waals surface area contributed by atoms with Crippen LogP contribution in [0.5, 0.6) is 0 Å². The molecule has 33 heavy (non-hydrogen) atoms. The van der Waals surface area contributed by atoms with Gasteiger partial charge in [0, 0.05) is 30.8 Å². The summed E-state index contributed by atoms with van der Waals surface area (Å²) in [5, 5.41) is 0.874. The Morgan fingerprint density at radius 3 is 2.45 bits per heavy atom. The monoisotopic (exact) mass is 468 g/mol. The molecule has 7 heteroatoms. The van der Waals surface area contributed by atoms with Gasteiger partial charge in [-0.2, -0.15) is 4.31 Å². The summed E-state index contributed by atoms with van der Waals surface area (Å²) in [6, 6.07) is 14.7. The molecule has 0 radical (unpaired) electrons. The van der Waals surface area contributed by atoms with Gasteiger partial charge in [0.05, 0.1) is 11.0 Å². The molecule has 0 amide bonds. The van der Waals surface area contributed by atoms with E-state index in [0.29, 0.717) is 12.2 Å². The molecule has 1 aliphatic rings. The second kappa shape index (κ2) is 9.05. The maximum Gasteiger partial charge on any atom is 0.252 e. The van der Waals surface area contributed by atoms with Crippen molar-refractivity contribution in [1.82, 2.24) is 9.29 Å². The van der Waals surface area contributed by atoms with E-state index in [4.69, 9.17) is 4.74 Å². The van der Waals surface area contributed by atoms with Gasteiger partial charge in [0.1, 0.15) is 0 Å². The molecule has 1 unspecified atom stereocenters. The average Bonchev–Trinajstić information content (AvgIpc) is 3.26. The van der Waals surface area contributed by atoms with E-state index >= 15 is 0 Å². The quantitative estimate of drug-likeness (QED) is 0.578. The Balaban J connectivity index is 1.70. The minimum absolute atomic E-state index is 0.0115. The lowest BCUT2D eigenvalue weighted by atomic mass is 9.87. The van der Waals surface area contributed by atoms with Crippen LogP contribution in [0.3, 0.4) is 0 Å². The van der Waals surface area contributed by atoms with Crippen LogP contribution < -0.4 is 5.56 Å². The number of nitrogens with one attached hydrogen (secondary N) is 1. The van der Waals surface area contributed by atoms with E-state index in [1.165, 1.54) is 4.31 Å². The topological polar surface area (TPSA) is 79.5 Å². The van der Waals surface area contributed by atoms with Crippen LogP contribution in [0.2, 0.25) is 0 Å². The summed E-state index contributed by atoms with van der Waals surface area (Å²) >= 11 is 0. The first-order chi connectivity index (χ1) is 15.5. The lowest BCUT2D eigenvalue weighted by Crippen LogP contribution is -2.38. The maximum atomic E-state index is 13.7. The summed E-state index contributed by atoms with van der Waals surface area (Å²) in [6.45, 7) is 9.08. The normalized spacial score (nSPS) is 17.2. The van der Waals surface area contributed by atoms with Crippen molar-refractivity contribution in [2.24, 2.45) is 0 Å². The number of pyridine rings is 1. The Morgan fingerprint density at radius 1 is 1.09 bits per heavy atom. The molecule has 1 saturated heterocycles. The number of H-pyrrole nitrogens is 1. The zero-order valence-corrected chi connectivity index (χ0v) is 20.5. The second-order valence-electron chi connectivity index (χ2n) is 9.92. The van der Waals surface area contributed by atoms with E-state index in [1.54, 1.807) is 18.2 Å². The molecule has 4 rings (SSSR count). The number of ether oxygens (including phenoxy) is 1. The molecule has 1 atom stereocenters. The Hall–Kier alpha value is -2.48. The molecule has 176 valence electrons. The second-order valence-corrected chi connectivity index (χ2v) is 11.9. The Labute approximate surface area is 195 Å². The first kappa shape index (κ1) is 23.7. The van der Waals surface area contributed by atoms with Crippen molar-refractivity contribution in [3.8, 4) is 0 Å². The molecular formula is C26H32N2O4S. The summed E-state index contributed by atoms with van der Waals surface area (Å²) in [6.07, 6.45) is 1.55. The van der Waals surface area contributed by atoms with Crippen molar-refractivity contribution in [2.75, 3.05) is 13.2 Å². The van der Waals surface area contributed by atoms with Crippen LogP contribution in [-0.4, -0.2) is 37.0 Å². The number of aromatic nitrogens is 1. The molecular weight excluding hydrogens is 436 g/mol. The van der Waals surface area contributed by atoms with Gasteiger partial charge in [-0.3, -0.25) is 4.79 Å². The molecule has 1 N–H and O–H groups in total. The number of rotatable bonds is 6. The molecule has 1 fully saturated rings. The largest absolute Gasteiger partial charge is 0.377 e. The predicted molar refractivity (Wildman–Crippen MR) is 131 cm³/mol. The molecule has 0 bridgehead atoms. The van der Waals surface area contributed by atoms with Crippen LogP contribution in [0, 0.1) is 6.92 Å². The molecule has 6 nitrogen and oxygen atoms in total. The van der Waals surface area contributed by atoms with Crippen molar-refractivity contribution >= 4 is 20.9 Å². The number of aromatic amines is 1. The van der Waals surface area contributed by atoms with Crippen LogP contribution in [0.25, 0.3) is 10.9 Å². The van der Waals surface area contributed by atoms with Gasteiger partial charge in [-0.25, -0.2) is 8.42 Å². The van der Waals surface area contributed by atoms with Gasteiger partial charge in [0.25, 0.3) is 5.56 Å². The Bertz CT molecular complexity index is 1300. The standard InChI is InChI=1S/C26H32N2O4S/c1-18-7-8-19-15-20(25(29)27-24(19)14-18)16-28(17-22-6-5-13-32-22)33(30,31)23-11-9-21(10-12-23)26(2,3)4/h7-12,14-15,22H,5-6,13,16-17H2,1-4H3,(H,27,29). The fourth-order valence-electron chi connectivity index (χ4n) is 4.21. The van der Waals surface area contributed by atoms with Crippen molar-refractivity contribution in [1.29, 1.82) is 0 Å². The van der Waals surface area contributed by atoms with E-state index in [2.05, 4.69) is 25.8 Å². The highest BCUT2D eigenvalue weighted by atomic mass is 32.2. The molecule has 0 saturated carbocycles. The third-order valence-corrected chi connectivity index (χ3v) is 8.04. The number of hydrogen-bond donors (Lipinski definition) is 1. The van der Waals surface area contributed by atoms with E-state index in [9.17, 15) is 13.2 Å².